The minimum Gasteiger partial charge on any atom is -0.444 e. The Morgan fingerprint density at radius 3 is 2.08 bits per heavy atom. The molecule has 0 aromatic heterocycles. The SMILES string of the molecule is C#C.CC.CCCCCC(=O)N1CCCCCC1C(=O)NCCC.CNC(=O)OC(C)(C)C.O=C1CCCN1. The zero-order valence-electron chi connectivity index (χ0n) is 26.1. The van der Waals surface area contributed by atoms with Crippen LogP contribution in [0.25, 0.3) is 0 Å². The molecule has 2 rings (SSSR count). The summed E-state index contributed by atoms with van der Waals surface area (Å²) in [4.78, 5) is 47.1. The second-order valence-corrected chi connectivity index (χ2v) is 9.91. The molecule has 9 heteroatoms. The van der Waals surface area contributed by atoms with E-state index in [4.69, 9.17) is 4.74 Å². The van der Waals surface area contributed by atoms with Gasteiger partial charge in [0.05, 0.1) is 0 Å². The molecular formula is C30H58N4O5. The van der Waals surface area contributed by atoms with E-state index in [0.717, 1.165) is 77.3 Å². The fraction of sp³-hybridized carbons (Fsp3) is 0.800. The Morgan fingerprint density at radius 1 is 1.03 bits per heavy atom. The molecule has 1 unspecified atom stereocenters. The van der Waals surface area contributed by atoms with E-state index in [9.17, 15) is 19.2 Å². The number of nitrogens with one attached hydrogen (secondary N) is 3. The van der Waals surface area contributed by atoms with Crippen molar-refractivity contribution in [2.24, 2.45) is 0 Å². The monoisotopic (exact) mass is 554 g/mol. The van der Waals surface area contributed by atoms with Gasteiger partial charge in [-0.05, 0) is 52.9 Å². The maximum Gasteiger partial charge on any atom is 0.407 e. The molecule has 0 aliphatic carbocycles. The van der Waals surface area contributed by atoms with E-state index in [-0.39, 0.29) is 35.5 Å². The van der Waals surface area contributed by atoms with Gasteiger partial charge in [0.1, 0.15) is 11.6 Å². The first kappa shape index (κ1) is 40.7. The number of likely N-dealkylation sites (tertiary alicyclic amines) is 1. The van der Waals surface area contributed by atoms with E-state index >= 15 is 0 Å². The number of terminal acetylenes is 1. The van der Waals surface area contributed by atoms with Crippen LogP contribution in [0.2, 0.25) is 0 Å². The second kappa shape index (κ2) is 26.8. The number of amides is 4. The van der Waals surface area contributed by atoms with Crippen molar-refractivity contribution in [2.45, 2.75) is 131 Å². The lowest BCUT2D eigenvalue weighted by Crippen LogP contribution is -2.49. The van der Waals surface area contributed by atoms with Crippen LogP contribution in [-0.2, 0) is 19.1 Å². The summed E-state index contributed by atoms with van der Waals surface area (Å²) in [6.07, 6.45) is 18.1. The largest absolute Gasteiger partial charge is 0.444 e. The van der Waals surface area contributed by atoms with Gasteiger partial charge in [-0.15, -0.1) is 12.8 Å². The van der Waals surface area contributed by atoms with Gasteiger partial charge in [-0.2, -0.15) is 0 Å². The molecule has 0 saturated carbocycles. The molecule has 2 aliphatic heterocycles. The van der Waals surface area contributed by atoms with Gasteiger partial charge in [0.2, 0.25) is 17.7 Å². The summed E-state index contributed by atoms with van der Waals surface area (Å²) in [6.45, 7) is 16.0. The molecule has 2 fully saturated rings. The number of ether oxygens (including phenoxy) is 1. The van der Waals surface area contributed by atoms with Crippen LogP contribution >= 0.6 is 0 Å². The molecular weight excluding hydrogens is 496 g/mol. The third kappa shape index (κ3) is 24.0. The second-order valence-electron chi connectivity index (χ2n) is 9.91. The van der Waals surface area contributed by atoms with E-state index < -0.39 is 0 Å². The predicted molar refractivity (Wildman–Crippen MR) is 160 cm³/mol. The normalized spacial score (nSPS) is 15.9. The summed E-state index contributed by atoms with van der Waals surface area (Å²) >= 11 is 0. The molecule has 0 radical (unpaired) electrons. The van der Waals surface area contributed by atoms with Crippen LogP contribution in [-0.4, -0.2) is 67.0 Å². The Kier molecular flexibility index (Phi) is 28.0. The molecule has 0 bridgehead atoms. The van der Waals surface area contributed by atoms with Crippen molar-refractivity contribution in [3.05, 3.63) is 0 Å². The number of alkyl carbamates (subject to hydrolysis) is 1. The standard InChI is InChI=1S/C16H30N2O2.C6H13NO2.C4H7NO.C2H6.C2H2/c1-3-5-7-11-15(19)18-13-9-6-8-10-14(18)16(20)17-12-4-2;1-6(2,3)9-5(8)7-4;6-4-2-1-3-5-4;2*1-2/h14H,3-13H2,1-2H3,(H,17,20);1-4H3,(H,7,8);1-3H2,(H,5,6);1-2H3;1-2H. The van der Waals surface area contributed by atoms with Gasteiger partial charge in [-0.1, -0.05) is 53.4 Å². The Labute approximate surface area is 239 Å². The maximum atomic E-state index is 12.4. The number of carbonyl (C=O) groups excluding carboxylic acids is 4. The first-order valence-corrected chi connectivity index (χ1v) is 14.6. The molecule has 0 aromatic rings. The van der Waals surface area contributed by atoms with Crippen LogP contribution in [0.4, 0.5) is 4.79 Å². The zero-order valence-corrected chi connectivity index (χ0v) is 26.1. The molecule has 2 heterocycles. The molecule has 228 valence electrons. The van der Waals surface area contributed by atoms with Gasteiger partial charge in [0.25, 0.3) is 0 Å². The van der Waals surface area contributed by atoms with Crippen LogP contribution < -0.4 is 16.0 Å². The van der Waals surface area contributed by atoms with Crippen molar-refractivity contribution in [3.8, 4) is 12.8 Å². The number of unbranched alkanes of at least 4 members (excludes halogenated alkanes) is 2. The average molecular weight is 555 g/mol. The Bertz CT molecular complexity index is 666. The highest BCUT2D eigenvalue weighted by molar-refractivity contribution is 5.87. The fourth-order valence-electron chi connectivity index (χ4n) is 3.61. The fourth-order valence-corrected chi connectivity index (χ4v) is 3.61. The molecule has 0 spiro atoms. The number of carbonyl (C=O) groups is 4. The van der Waals surface area contributed by atoms with E-state index in [1.165, 1.54) is 7.05 Å². The molecule has 39 heavy (non-hydrogen) atoms. The van der Waals surface area contributed by atoms with E-state index in [1.54, 1.807) is 0 Å². The Balaban J connectivity index is -0.000000560. The van der Waals surface area contributed by atoms with Gasteiger partial charge in [-0.3, -0.25) is 14.4 Å². The van der Waals surface area contributed by atoms with Gasteiger partial charge in [-0.25, -0.2) is 4.79 Å². The lowest BCUT2D eigenvalue weighted by molar-refractivity contribution is -0.140. The van der Waals surface area contributed by atoms with Crippen molar-refractivity contribution >= 4 is 23.8 Å². The van der Waals surface area contributed by atoms with Crippen LogP contribution in [0.15, 0.2) is 0 Å². The topological polar surface area (TPSA) is 117 Å². The highest BCUT2D eigenvalue weighted by Gasteiger charge is 2.30. The lowest BCUT2D eigenvalue weighted by atomic mass is 10.1. The smallest absolute Gasteiger partial charge is 0.407 e. The highest BCUT2D eigenvalue weighted by atomic mass is 16.6. The quantitative estimate of drug-likeness (QED) is 0.296. The summed E-state index contributed by atoms with van der Waals surface area (Å²) in [7, 11) is 1.54. The third-order valence-electron chi connectivity index (χ3n) is 5.43. The maximum absolute atomic E-state index is 12.4. The van der Waals surface area contributed by atoms with Crippen molar-refractivity contribution < 1.29 is 23.9 Å². The van der Waals surface area contributed by atoms with Crippen LogP contribution in [0.1, 0.15) is 119 Å². The summed E-state index contributed by atoms with van der Waals surface area (Å²) < 4.78 is 4.84. The molecule has 9 nitrogen and oxygen atoms in total. The number of rotatable bonds is 7. The van der Waals surface area contributed by atoms with Crippen LogP contribution in [0.5, 0.6) is 0 Å². The molecule has 4 amide bonds. The lowest BCUT2D eigenvalue weighted by Gasteiger charge is -2.29. The van der Waals surface area contributed by atoms with Crippen molar-refractivity contribution in [1.29, 1.82) is 0 Å². The number of hydrogen-bond acceptors (Lipinski definition) is 5. The summed E-state index contributed by atoms with van der Waals surface area (Å²) in [6, 6.07) is -0.238. The van der Waals surface area contributed by atoms with E-state index in [0.29, 0.717) is 13.0 Å². The zero-order chi connectivity index (χ0) is 30.7. The highest BCUT2D eigenvalue weighted by Crippen LogP contribution is 2.19. The van der Waals surface area contributed by atoms with Gasteiger partial charge < -0.3 is 25.6 Å². The number of hydrogen-bond donors (Lipinski definition) is 3. The Hall–Kier alpha value is -2.76. The van der Waals surface area contributed by atoms with Gasteiger partial charge >= 0.3 is 6.09 Å². The number of nitrogens with zero attached hydrogens (tertiary/aromatic N) is 1. The van der Waals surface area contributed by atoms with Crippen LogP contribution in [0, 0.1) is 12.8 Å². The van der Waals surface area contributed by atoms with Gasteiger partial charge in [0, 0.05) is 39.5 Å². The van der Waals surface area contributed by atoms with Gasteiger partial charge in [0.15, 0.2) is 0 Å². The van der Waals surface area contributed by atoms with E-state index in [1.807, 2.05) is 46.4 Å². The summed E-state index contributed by atoms with van der Waals surface area (Å²) in [5.41, 5.74) is -0.389. The molecule has 2 aliphatic rings. The Morgan fingerprint density at radius 2 is 1.67 bits per heavy atom. The van der Waals surface area contributed by atoms with E-state index in [2.05, 4.69) is 35.7 Å². The molecule has 3 N–H and O–H groups in total. The van der Waals surface area contributed by atoms with Crippen molar-refractivity contribution in [3.63, 3.8) is 0 Å². The van der Waals surface area contributed by atoms with Crippen molar-refractivity contribution in [2.75, 3.05) is 26.7 Å². The molecule has 0 aromatic carbocycles. The molecule has 1 atom stereocenters. The third-order valence-corrected chi connectivity index (χ3v) is 5.43. The molecule has 2 saturated heterocycles. The van der Waals surface area contributed by atoms with Crippen molar-refractivity contribution in [1.82, 2.24) is 20.9 Å². The first-order chi connectivity index (χ1) is 18.6. The first-order valence-electron chi connectivity index (χ1n) is 14.6. The average Bonchev–Trinajstić information content (AvgIpc) is 3.26. The minimum absolute atomic E-state index is 0.0394. The summed E-state index contributed by atoms with van der Waals surface area (Å²) in [5.74, 6) is 0.407. The van der Waals surface area contributed by atoms with Crippen LogP contribution in [0.3, 0.4) is 0 Å². The predicted octanol–water partition coefficient (Wildman–Crippen LogP) is 5.18. The summed E-state index contributed by atoms with van der Waals surface area (Å²) in [5, 5.41) is 7.99. The minimum atomic E-state index is -0.389.